The number of hydrogen-bond donors (Lipinski definition) is 0. The minimum absolute atomic E-state index is 0.0747. The molecule has 4 nitrogen and oxygen atoms in total. The summed E-state index contributed by atoms with van der Waals surface area (Å²) >= 11 is 0. The van der Waals surface area contributed by atoms with Crippen LogP contribution >= 0.6 is 0 Å². The van der Waals surface area contributed by atoms with Crippen LogP contribution < -0.4 is 0 Å². The molecular formula is C15H17NO3. The number of Topliss-reactive ketones (excluding diaryl/α,β-unsaturated/α-hetero) is 1. The molecule has 0 aliphatic carbocycles. The highest BCUT2D eigenvalue weighted by Crippen LogP contribution is 2.45. The van der Waals surface area contributed by atoms with Gasteiger partial charge in [0.05, 0.1) is 12.6 Å². The van der Waals surface area contributed by atoms with Crippen LogP contribution in [0.15, 0.2) is 24.3 Å². The quantitative estimate of drug-likeness (QED) is 0.725. The van der Waals surface area contributed by atoms with Gasteiger partial charge in [-0.25, -0.2) is 0 Å². The minimum atomic E-state index is -0.687. The van der Waals surface area contributed by atoms with Crippen molar-refractivity contribution in [3.63, 3.8) is 0 Å². The fourth-order valence-electron chi connectivity index (χ4n) is 3.19. The first-order chi connectivity index (χ1) is 8.93. The molecule has 3 rings (SSSR count). The summed E-state index contributed by atoms with van der Waals surface area (Å²) in [5.74, 6) is -0.939. The van der Waals surface area contributed by atoms with Crippen molar-refractivity contribution in [2.75, 3.05) is 6.61 Å². The van der Waals surface area contributed by atoms with Crippen LogP contribution in [0.4, 0.5) is 0 Å². The molecule has 1 aromatic rings. The number of carbonyl (C=O) groups excluding carboxylic acids is 2. The Kier molecular flexibility index (Phi) is 2.54. The summed E-state index contributed by atoms with van der Waals surface area (Å²) in [6.45, 7) is 5.70. The average molecular weight is 259 g/mol. The third-order valence-electron chi connectivity index (χ3n) is 4.04. The molecule has 1 amide bonds. The Morgan fingerprint density at radius 3 is 2.58 bits per heavy atom. The Labute approximate surface area is 112 Å². The summed E-state index contributed by atoms with van der Waals surface area (Å²) in [6.07, 6.45) is 0. The highest BCUT2D eigenvalue weighted by Gasteiger charge is 2.51. The number of ether oxygens (including phenoxy) is 1. The molecule has 19 heavy (non-hydrogen) atoms. The molecule has 0 saturated carbocycles. The van der Waals surface area contributed by atoms with Crippen molar-refractivity contribution >= 4 is 11.7 Å². The van der Waals surface area contributed by atoms with E-state index in [1.165, 1.54) is 6.92 Å². The molecule has 100 valence electrons. The zero-order chi connectivity index (χ0) is 13.8. The Morgan fingerprint density at radius 1 is 1.32 bits per heavy atom. The first-order valence-electron chi connectivity index (χ1n) is 6.50. The standard InChI is InChI=1S/C15H17NO3/c1-9(17)13-11-7-5-4-6-10(11)12-8-19-15(2,3)16(12)14(13)18/h4-7,12-13H,8H2,1-3H3. The lowest BCUT2D eigenvalue weighted by molar-refractivity contribution is -0.151. The molecule has 0 bridgehead atoms. The number of amides is 1. The van der Waals surface area contributed by atoms with Crippen LogP contribution in [0.2, 0.25) is 0 Å². The molecule has 4 heteroatoms. The molecule has 2 atom stereocenters. The average Bonchev–Trinajstić information content (AvgIpc) is 2.66. The molecule has 1 aromatic carbocycles. The Hall–Kier alpha value is -1.68. The van der Waals surface area contributed by atoms with E-state index in [0.29, 0.717) is 6.61 Å². The van der Waals surface area contributed by atoms with Crippen LogP contribution in [-0.4, -0.2) is 28.9 Å². The summed E-state index contributed by atoms with van der Waals surface area (Å²) in [5.41, 5.74) is 1.22. The van der Waals surface area contributed by atoms with Crippen molar-refractivity contribution in [2.45, 2.75) is 38.5 Å². The Bertz CT molecular complexity index is 564. The smallest absolute Gasteiger partial charge is 0.240 e. The molecule has 1 saturated heterocycles. The number of benzene rings is 1. The maximum absolute atomic E-state index is 12.7. The lowest BCUT2D eigenvalue weighted by Gasteiger charge is -2.40. The predicted octanol–water partition coefficient (Wildman–Crippen LogP) is 2.01. The molecule has 0 aromatic heterocycles. The highest BCUT2D eigenvalue weighted by atomic mass is 16.5. The number of fused-ring (bicyclic) bond motifs is 3. The molecule has 0 radical (unpaired) electrons. The van der Waals surface area contributed by atoms with Crippen molar-refractivity contribution in [1.82, 2.24) is 4.90 Å². The lowest BCUT2D eigenvalue weighted by atomic mass is 9.82. The van der Waals surface area contributed by atoms with E-state index in [1.54, 1.807) is 4.90 Å². The van der Waals surface area contributed by atoms with Crippen molar-refractivity contribution in [3.8, 4) is 0 Å². The Morgan fingerprint density at radius 2 is 1.95 bits per heavy atom. The number of rotatable bonds is 1. The van der Waals surface area contributed by atoms with Gasteiger partial charge in [-0.1, -0.05) is 24.3 Å². The molecule has 0 spiro atoms. The van der Waals surface area contributed by atoms with E-state index >= 15 is 0 Å². The van der Waals surface area contributed by atoms with Gasteiger partial charge < -0.3 is 9.64 Å². The maximum Gasteiger partial charge on any atom is 0.240 e. The molecule has 1 fully saturated rings. The van der Waals surface area contributed by atoms with E-state index in [0.717, 1.165) is 11.1 Å². The van der Waals surface area contributed by atoms with Crippen LogP contribution in [0.3, 0.4) is 0 Å². The van der Waals surface area contributed by atoms with Crippen LogP contribution in [-0.2, 0) is 14.3 Å². The monoisotopic (exact) mass is 259 g/mol. The first kappa shape index (κ1) is 12.4. The fourth-order valence-corrected chi connectivity index (χ4v) is 3.19. The summed E-state index contributed by atoms with van der Waals surface area (Å²) in [5, 5.41) is 0. The number of nitrogens with zero attached hydrogens (tertiary/aromatic N) is 1. The van der Waals surface area contributed by atoms with Gasteiger partial charge in [-0.3, -0.25) is 9.59 Å². The summed E-state index contributed by atoms with van der Waals surface area (Å²) in [4.78, 5) is 26.3. The normalized spacial score (nSPS) is 27.9. The van der Waals surface area contributed by atoms with E-state index < -0.39 is 11.6 Å². The van der Waals surface area contributed by atoms with Gasteiger partial charge in [0.25, 0.3) is 0 Å². The molecule has 2 aliphatic rings. The van der Waals surface area contributed by atoms with E-state index in [1.807, 2.05) is 38.1 Å². The lowest BCUT2D eigenvalue weighted by Crippen LogP contribution is -2.50. The van der Waals surface area contributed by atoms with Crippen molar-refractivity contribution in [3.05, 3.63) is 35.4 Å². The van der Waals surface area contributed by atoms with Crippen molar-refractivity contribution in [2.24, 2.45) is 0 Å². The summed E-state index contributed by atoms with van der Waals surface area (Å²) in [7, 11) is 0. The van der Waals surface area contributed by atoms with E-state index in [-0.39, 0.29) is 17.7 Å². The zero-order valence-corrected chi connectivity index (χ0v) is 11.3. The Balaban J connectivity index is 2.20. The van der Waals surface area contributed by atoms with Gasteiger partial charge >= 0.3 is 0 Å². The largest absolute Gasteiger partial charge is 0.354 e. The highest BCUT2D eigenvalue weighted by molar-refractivity contribution is 6.07. The fraction of sp³-hybridized carbons (Fsp3) is 0.467. The van der Waals surface area contributed by atoms with E-state index in [9.17, 15) is 9.59 Å². The van der Waals surface area contributed by atoms with Gasteiger partial charge in [0.15, 0.2) is 0 Å². The third kappa shape index (κ3) is 1.63. The topological polar surface area (TPSA) is 46.6 Å². The maximum atomic E-state index is 12.7. The van der Waals surface area contributed by atoms with Gasteiger partial charge in [0.1, 0.15) is 17.4 Å². The van der Waals surface area contributed by atoms with Crippen LogP contribution in [0.5, 0.6) is 0 Å². The second kappa shape index (κ2) is 3.90. The molecule has 2 heterocycles. The van der Waals surface area contributed by atoms with Gasteiger partial charge in [-0.05, 0) is 31.9 Å². The molecule has 2 aliphatic heterocycles. The molecule has 2 unspecified atom stereocenters. The number of hydrogen-bond acceptors (Lipinski definition) is 3. The van der Waals surface area contributed by atoms with Gasteiger partial charge in [0, 0.05) is 0 Å². The minimum Gasteiger partial charge on any atom is -0.354 e. The summed E-state index contributed by atoms with van der Waals surface area (Å²) < 4.78 is 5.74. The van der Waals surface area contributed by atoms with Gasteiger partial charge in [-0.15, -0.1) is 0 Å². The number of carbonyl (C=O) groups is 2. The number of ketones is 1. The van der Waals surface area contributed by atoms with E-state index in [4.69, 9.17) is 4.74 Å². The first-order valence-corrected chi connectivity index (χ1v) is 6.50. The third-order valence-corrected chi connectivity index (χ3v) is 4.04. The van der Waals surface area contributed by atoms with Crippen LogP contribution in [0, 0.1) is 0 Å². The molecule has 0 N–H and O–H groups in total. The van der Waals surface area contributed by atoms with Crippen LogP contribution in [0.1, 0.15) is 43.9 Å². The van der Waals surface area contributed by atoms with Crippen molar-refractivity contribution in [1.29, 1.82) is 0 Å². The SMILES string of the molecule is CC(=O)C1C(=O)N2C(COC2(C)C)c2ccccc21. The van der Waals surface area contributed by atoms with Gasteiger partial charge in [-0.2, -0.15) is 0 Å². The summed E-state index contributed by atoms with van der Waals surface area (Å²) in [6, 6.07) is 7.60. The van der Waals surface area contributed by atoms with Crippen molar-refractivity contribution < 1.29 is 14.3 Å². The second-order valence-corrected chi connectivity index (χ2v) is 5.65. The van der Waals surface area contributed by atoms with E-state index in [2.05, 4.69) is 0 Å². The molecular weight excluding hydrogens is 242 g/mol. The van der Waals surface area contributed by atoms with Crippen LogP contribution in [0.25, 0.3) is 0 Å². The zero-order valence-electron chi connectivity index (χ0n) is 11.3. The van der Waals surface area contributed by atoms with Gasteiger partial charge in [0.2, 0.25) is 5.91 Å². The second-order valence-electron chi connectivity index (χ2n) is 5.65. The predicted molar refractivity (Wildman–Crippen MR) is 69.5 cm³/mol.